The smallest absolute Gasteiger partial charge is 0.404 e. The van der Waals surface area contributed by atoms with Crippen molar-refractivity contribution in [2.75, 3.05) is 0 Å². The average molecular weight is 449 g/mol. The van der Waals surface area contributed by atoms with Gasteiger partial charge in [0.15, 0.2) is 0 Å². The van der Waals surface area contributed by atoms with Crippen LogP contribution in [0.15, 0.2) is 58.7 Å². The molecule has 3 aromatic rings. The van der Waals surface area contributed by atoms with Gasteiger partial charge in [-0.05, 0) is 35.7 Å². The van der Waals surface area contributed by atoms with Gasteiger partial charge >= 0.3 is 6.09 Å². The van der Waals surface area contributed by atoms with Crippen molar-refractivity contribution >= 4 is 29.5 Å². The van der Waals surface area contributed by atoms with E-state index in [4.69, 9.17) is 11.6 Å². The SMILES string of the molecule is CC(C)(C)C(Cc1cc(Sc2cccnc2)n(-c2cccc(F)c2Cl)n1)NC(=O)O. The van der Waals surface area contributed by atoms with Crippen molar-refractivity contribution in [1.29, 1.82) is 0 Å². The minimum atomic E-state index is -1.09. The zero-order valence-corrected chi connectivity index (χ0v) is 18.3. The topological polar surface area (TPSA) is 80.0 Å². The molecule has 2 aromatic heterocycles. The summed E-state index contributed by atoms with van der Waals surface area (Å²) in [6.07, 6.45) is 2.68. The fourth-order valence-corrected chi connectivity index (χ4v) is 4.00. The molecule has 1 atom stereocenters. The third-order valence-electron chi connectivity index (χ3n) is 4.50. The number of carboxylic acid groups (broad SMARTS) is 1. The zero-order valence-electron chi connectivity index (χ0n) is 16.8. The quantitative estimate of drug-likeness (QED) is 0.525. The first kappa shape index (κ1) is 22.1. The molecule has 0 saturated heterocycles. The molecule has 0 radical (unpaired) electrons. The molecule has 1 aromatic carbocycles. The number of aromatic nitrogens is 3. The van der Waals surface area contributed by atoms with Crippen LogP contribution < -0.4 is 5.32 Å². The number of rotatable bonds is 6. The zero-order chi connectivity index (χ0) is 21.9. The maximum atomic E-state index is 14.1. The van der Waals surface area contributed by atoms with Crippen LogP contribution in [0.25, 0.3) is 5.69 Å². The van der Waals surface area contributed by atoms with Crippen LogP contribution >= 0.6 is 23.4 Å². The molecule has 2 heterocycles. The van der Waals surface area contributed by atoms with Gasteiger partial charge in [-0.15, -0.1) is 0 Å². The van der Waals surface area contributed by atoms with E-state index in [1.165, 1.54) is 17.8 Å². The van der Waals surface area contributed by atoms with Gasteiger partial charge in [0.25, 0.3) is 0 Å². The molecule has 3 rings (SSSR count). The summed E-state index contributed by atoms with van der Waals surface area (Å²) in [5.74, 6) is -0.538. The Balaban J connectivity index is 2.03. The molecule has 0 saturated carbocycles. The lowest BCUT2D eigenvalue weighted by Gasteiger charge is -2.29. The highest BCUT2D eigenvalue weighted by Crippen LogP contribution is 2.33. The molecule has 30 heavy (non-hydrogen) atoms. The van der Waals surface area contributed by atoms with Gasteiger partial charge in [0, 0.05) is 29.8 Å². The van der Waals surface area contributed by atoms with Crippen molar-refractivity contribution in [1.82, 2.24) is 20.1 Å². The third kappa shape index (κ3) is 5.31. The summed E-state index contributed by atoms with van der Waals surface area (Å²) in [6.45, 7) is 5.87. The van der Waals surface area contributed by atoms with Crippen LogP contribution in [0.4, 0.5) is 9.18 Å². The molecular weight excluding hydrogens is 427 g/mol. The van der Waals surface area contributed by atoms with Crippen molar-refractivity contribution in [2.45, 2.75) is 43.2 Å². The predicted octanol–water partition coefficient (Wildman–Crippen LogP) is 5.44. The summed E-state index contributed by atoms with van der Waals surface area (Å²) in [6, 6.07) is 9.78. The van der Waals surface area contributed by atoms with E-state index in [0.29, 0.717) is 22.8 Å². The fourth-order valence-electron chi connectivity index (χ4n) is 2.87. The molecule has 1 unspecified atom stereocenters. The molecule has 9 heteroatoms. The molecule has 0 aliphatic heterocycles. The second kappa shape index (κ2) is 9.06. The standard InChI is InChI=1S/C21H22ClFN4O2S/c1-21(2,3)17(25-20(28)29)10-13-11-18(30-14-6-5-9-24-12-14)27(26-13)16-8-4-7-15(23)19(16)22/h4-9,11-12,17,25H,10H2,1-3H3,(H,28,29). The third-order valence-corrected chi connectivity index (χ3v) is 5.85. The largest absolute Gasteiger partial charge is 0.465 e. The van der Waals surface area contributed by atoms with E-state index in [1.54, 1.807) is 29.2 Å². The molecule has 0 aliphatic rings. The predicted molar refractivity (Wildman–Crippen MR) is 115 cm³/mol. The van der Waals surface area contributed by atoms with Gasteiger partial charge in [0.1, 0.15) is 15.9 Å². The van der Waals surface area contributed by atoms with Crippen molar-refractivity contribution in [3.05, 3.63) is 65.3 Å². The summed E-state index contributed by atoms with van der Waals surface area (Å²) in [4.78, 5) is 16.3. The molecule has 2 N–H and O–H groups in total. The highest BCUT2D eigenvalue weighted by Gasteiger charge is 2.28. The Bertz CT molecular complexity index is 1040. The summed E-state index contributed by atoms with van der Waals surface area (Å²) in [5, 5.41) is 17.1. The molecule has 0 aliphatic carbocycles. The van der Waals surface area contributed by atoms with Crippen LogP contribution in [0.1, 0.15) is 26.5 Å². The second-order valence-corrected chi connectivity index (χ2v) is 9.29. The van der Waals surface area contributed by atoms with Gasteiger partial charge in [-0.1, -0.05) is 50.2 Å². The van der Waals surface area contributed by atoms with Crippen LogP contribution in [0, 0.1) is 11.2 Å². The van der Waals surface area contributed by atoms with Crippen molar-refractivity contribution < 1.29 is 14.3 Å². The first-order chi connectivity index (χ1) is 14.1. The molecule has 1 amide bonds. The number of pyridine rings is 1. The van der Waals surface area contributed by atoms with Gasteiger partial charge in [-0.25, -0.2) is 13.9 Å². The van der Waals surface area contributed by atoms with E-state index in [9.17, 15) is 14.3 Å². The molecule has 0 bridgehead atoms. The number of hydrogen-bond acceptors (Lipinski definition) is 4. The van der Waals surface area contributed by atoms with E-state index >= 15 is 0 Å². The Morgan fingerprint density at radius 2 is 2.10 bits per heavy atom. The number of hydrogen-bond donors (Lipinski definition) is 2. The summed E-state index contributed by atoms with van der Waals surface area (Å²) in [5.41, 5.74) is 0.748. The van der Waals surface area contributed by atoms with Gasteiger partial charge in [-0.2, -0.15) is 5.10 Å². The average Bonchev–Trinajstić information content (AvgIpc) is 3.05. The Morgan fingerprint density at radius 1 is 1.33 bits per heavy atom. The normalized spacial score (nSPS) is 12.6. The van der Waals surface area contributed by atoms with Gasteiger partial charge in [-0.3, -0.25) is 4.98 Å². The van der Waals surface area contributed by atoms with Gasteiger partial charge in [0.2, 0.25) is 0 Å². The first-order valence-electron chi connectivity index (χ1n) is 9.26. The number of benzene rings is 1. The van der Waals surface area contributed by atoms with Crippen molar-refractivity contribution in [3.8, 4) is 5.69 Å². The van der Waals surface area contributed by atoms with Gasteiger partial charge in [0.05, 0.1) is 11.4 Å². The van der Waals surface area contributed by atoms with E-state index in [2.05, 4.69) is 15.4 Å². The van der Waals surface area contributed by atoms with Crippen molar-refractivity contribution in [2.24, 2.45) is 5.41 Å². The number of carbonyl (C=O) groups is 1. The highest BCUT2D eigenvalue weighted by molar-refractivity contribution is 7.99. The van der Waals surface area contributed by atoms with Crippen LogP contribution in [0.2, 0.25) is 5.02 Å². The van der Waals surface area contributed by atoms with Gasteiger partial charge < -0.3 is 10.4 Å². The van der Waals surface area contributed by atoms with E-state index in [0.717, 1.165) is 4.90 Å². The lowest BCUT2D eigenvalue weighted by atomic mass is 9.84. The molecular formula is C21H22ClFN4O2S. The van der Waals surface area contributed by atoms with E-state index in [-0.39, 0.29) is 16.5 Å². The minimum absolute atomic E-state index is 0.0313. The summed E-state index contributed by atoms with van der Waals surface area (Å²) in [7, 11) is 0. The van der Waals surface area contributed by atoms with Crippen LogP contribution in [-0.4, -0.2) is 32.0 Å². The lowest BCUT2D eigenvalue weighted by molar-refractivity contribution is 0.174. The lowest BCUT2D eigenvalue weighted by Crippen LogP contribution is -2.44. The Labute approximate surface area is 183 Å². The van der Waals surface area contributed by atoms with Crippen molar-refractivity contribution in [3.63, 3.8) is 0 Å². The van der Waals surface area contributed by atoms with Crippen LogP contribution in [-0.2, 0) is 6.42 Å². The second-order valence-electron chi connectivity index (χ2n) is 7.82. The first-order valence-corrected chi connectivity index (χ1v) is 10.5. The highest BCUT2D eigenvalue weighted by atomic mass is 35.5. The number of nitrogens with zero attached hydrogens (tertiary/aromatic N) is 3. The fraction of sp³-hybridized carbons (Fsp3) is 0.286. The molecule has 158 valence electrons. The number of amides is 1. The maximum Gasteiger partial charge on any atom is 0.404 e. The Morgan fingerprint density at radius 3 is 2.73 bits per heavy atom. The number of halogens is 2. The van der Waals surface area contributed by atoms with Crippen LogP contribution in [0.5, 0.6) is 0 Å². The monoisotopic (exact) mass is 448 g/mol. The summed E-state index contributed by atoms with van der Waals surface area (Å²) < 4.78 is 15.7. The van der Waals surface area contributed by atoms with E-state index < -0.39 is 11.9 Å². The number of nitrogens with one attached hydrogen (secondary N) is 1. The van der Waals surface area contributed by atoms with E-state index in [1.807, 2.05) is 39.0 Å². The molecule has 0 spiro atoms. The summed E-state index contributed by atoms with van der Waals surface area (Å²) >= 11 is 7.62. The maximum absolute atomic E-state index is 14.1. The molecule has 0 fully saturated rings. The Hall–Kier alpha value is -2.58. The Kier molecular flexibility index (Phi) is 6.67. The molecule has 6 nitrogen and oxygen atoms in total. The minimum Gasteiger partial charge on any atom is -0.465 e. The van der Waals surface area contributed by atoms with Crippen LogP contribution in [0.3, 0.4) is 0 Å².